The number of nitrogens with one attached hydrogen (secondary N) is 1. The highest BCUT2D eigenvalue weighted by Gasteiger charge is 2.08. The molecule has 0 aliphatic heterocycles. The molecule has 2 rings (SSSR count). The molecule has 0 aliphatic rings. The summed E-state index contributed by atoms with van der Waals surface area (Å²) in [5.41, 5.74) is 1.33. The average Bonchev–Trinajstić information content (AvgIpc) is 2.40. The summed E-state index contributed by atoms with van der Waals surface area (Å²) in [6.07, 6.45) is 0. The monoisotopic (exact) mass is 275 g/mol. The van der Waals surface area contributed by atoms with Gasteiger partial charge in [0.05, 0.1) is 0 Å². The molecule has 1 heterocycles. The van der Waals surface area contributed by atoms with Crippen LogP contribution in [-0.4, -0.2) is 21.9 Å². The Labute approximate surface area is 114 Å². The summed E-state index contributed by atoms with van der Waals surface area (Å²) in [5.74, 6) is -0.416. The van der Waals surface area contributed by atoms with E-state index in [4.69, 9.17) is 11.6 Å². The van der Waals surface area contributed by atoms with Crippen LogP contribution in [0.3, 0.4) is 0 Å². The van der Waals surface area contributed by atoms with Gasteiger partial charge >= 0.3 is 0 Å². The van der Waals surface area contributed by atoms with E-state index in [0.717, 1.165) is 0 Å². The van der Waals surface area contributed by atoms with E-state index in [9.17, 15) is 9.59 Å². The molecule has 1 N–H and O–H groups in total. The van der Waals surface area contributed by atoms with E-state index in [1.165, 1.54) is 19.1 Å². The predicted molar refractivity (Wildman–Crippen MR) is 71.4 cm³/mol. The van der Waals surface area contributed by atoms with Gasteiger partial charge in [0.2, 0.25) is 0 Å². The minimum absolute atomic E-state index is 0.0264. The van der Waals surface area contributed by atoms with E-state index in [-0.39, 0.29) is 22.5 Å². The second kappa shape index (κ2) is 5.58. The zero-order valence-electron chi connectivity index (χ0n) is 10.1. The van der Waals surface area contributed by atoms with Gasteiger partial charge in [-0.25, -0.2) is 0 Å². The Balaban J connectivity index is 2.10. The molecule has 6 heteroatoms. The standard InChI is InChI=1S/C13H10ClN3O2/c1-8(18)9-2-4-10(5-3-9)15-13(19)11-6-7-12(14)17-16-11/h2-7H,1H3,(H,15,19). The van der Waals surface area contributed by atoms with Crippen LogP contribution in [0.1, 0.15) is 27.8 Å². The molecule has 1 aromatic heterocycles. The van der Waals surface area contributed by atoms with Gasteiger partial charge in [-0.05, 0) is 43.3 Å². The molecule has 1 amide bonds. The lowest BCUT2D eigenvalue weighted by atomic mass is 10.1. The molecule has 1 aromatic carbocycles. The van der Waals surface area contributed by atoms with Crippen LogP contribution in [0.25, 0.3) is 0 Å². The topological polar surface area (TPSA) is 72.0 Å². The van der Waals surface area contributed by atoms with Crippen LogP contribution in [0.15, 0.2) is 36.4 Å². The van der Waals surface area contributed by atoms with Crippen molar-refractivity contribution >= 4 is 29.0 Å². The third-order valence-electron chi connectivity index (χ3n) is 2.41. The van der Waals surface area contributed by atoms with Crippen molar-refractivity contribution in [3.8, 4) is 0 Å². The van der Waals surface area contributed by atoms with Gasteiger partial charge in [-0.1, -0.05) is 11.6 Å². The summed E-state index contributed by atoms with van der Waals surface area (Å²) in [5, 5.41) is 10.1. The van der Waals surface area contributed by atoms with Crippen molar-refractivity contribution < 1.29 is 9.59 Å². The maximum atomic E-state index is 11.8. The number of nitrogens with zero attached hydrogens (tertiary/aromatic N) is 2. The SMILES string of the molecule is CC(=O)c1ccc(NC(=O)c2ccc(Cl)nn2)cc1. The molecule has 96 valence electrons. The van der Waals surface area contributed by atoms with Crippen molar-refractivity contribution in [1.29, 1.82) is 0 Å². The fraction of sp³-hybridized carbons (Fsp3) is 0.0769. The van der Waals surface area contributed by atoms with E-state index >= 15 is 0 Å². The largest absolute Gasteiger partial charge is 0.321 e. The van der Waals surface area contributed by atoms with Crippen molar-refractivity contribution in [2.75, 3.05) is 5.32 Å². The molecule has 0 aliphatic carbocycles. The lowest BCUT2D eigenvalue weighted by molar-refractivity contribution is 0.101. The molecule has 19 heavy (non-hydrogen) atoms. The molecule has 0 unspecified atom stereocenters. The molecule has 0 spiro atoms. The summed E-state index contributed by atoms with van der Waals surface area (Å²) in [6.45, 7) is 1.48. The molecule has 0 fully saturated rings. The number of rotatable bonds is 3. The predicted octanol–water partition coefficient (Wildman–Crippen LogP) is 2.58. The molecular formula is C13H10ClN3O2. The van der Waals surface area contributed by atoms with Crippen molar-refractivity contribution in [1.82, 2.24) is 10.2 Å². The summed E-state index contributed by atoms with van der Waals surface area (Å²) in [7, 11) is 0. The Morgan fingerprint density at radius 1 is 1.05 bits per heavy atom. The number of ketones is 1. The van der Waals surface area contributed by atoms with Gasteiger partial charge in [-0.3, -0.25) is 9.59 Å². The first-order valence-corrected chi connectivity index (χ1v) is 5.85. The molecule has 0 radical (unpaired) electrons. The van der Waals surface area contributed by atoms with Crippen LogP contribution in [0, 0.1) is 0 Å². The van der Waals surface area contributed by atoms with E-state index in [1.807, 2.05) is 0 Å². The lowest BCUT2D eigenvalue weighted by Gasteiger charge is -2.04. The number of benzene rings is 1. The van der Waals surface area contributed by atoms with Crippen molar-refractivity contribution in [3.63, 3.8) is 0 Å². The van der Waals surface area contributed by atoms with Crippen LogP contribution in [-0.2, 0) is 0 Å². The van der Waals surface area contributed by atoms with Gasteiger partial charge in [0, 0.05) is 11.3 Å². The van der Waals surface area contributed by atoms with Gasteiger partial charge in [-0.2, -0.15) is 0 Å². The molecule has 2 aromatic rings. The van der Waals surface area contributed by atoms with Crippen molar-refractivity contribution in [2.24, 2.45) is 0 Å². The zero-order valence-corrected chi connectivity index (χ0v) is 10.8. The number of hydrogen-bond acceptors (Lipinski definition) is 4. The van der Waals surface area contributed by atoms with Crippen LogP contribution in [0.2, 0.25) is 5.15 Å². The molecule has 5 nitrogen and oxygen atoms in total. The highest BCUT2D eigenvalue weighted by Crippen LogP contribution is 2.11. The highest BCUT2D eigenvalue weighted by molar-refractivity contribution is 6.29. The number of halogens is 1. The van der Waals surface area contributed by atoms with Crippen LogP contribution in [0.5, 0.6) is 0 Å². The van der Waals surface area contributed by atoms with Gasteiger partial charge < -0.3 is 5.32 Å². The van der Waals surface area contributed by atoms with Gasteiger partial charge in [0.1, 0.15) is 0 Å². The van der Waals surface area contributed by atoms with Gasteiger partial charge in [-0.15, -0.1) is 10.2 Å². The maximum absolute atomic E-state index is 11.8. The summed E-state index contributed by atoms with van der Waals surface area (Å²) in [4.78, 5) is 22.9. The highest BCUT2D eigenvalue weighted by atomic mass is 35.5. The first-order chi connectivity index (χ1) is 9.06. The first kappa shape index (κ1) is 13.2. The lowest BCUT2D eigenvalue weighted by Crippen LogP contribution is -2.14. The minimum Gasteiger partial charge on any atom is -0.321 e. The third-order valence-corrected chi connectivity index (χ3v) is 2.62. The fourth-order valence-electron chi connectivity index (χ4n) is 1.42. The molecule has 0 saturated carbocycles. The second-order valence-corrected chi connectivity index (χ2v) is 4.22. The Morgan fingerprint density at radius 2 is 1.74 bits per heavy atom. The number of amides is 1. The molecule has 0 bridgehead atoms. The van der Waals surface area contributed by atoms with Gasteiger partial charge in [0.15, 0.2) is 16.6 Å². The number of aromatic nitrogens is 2. The number of Topliss-reactive ketones (excluding diaryl/α,β-unsaturated/α-hetero) is 1. The van der Waals surface area contributed by atoms with Crippen molar-refractivity contribution in [2.45, 2.75) is 6.92 Å². The van der Waals surface area contributed by atoms with E-state index < -0.39 is 0 Å². The average molecular weight is 276 g/mol. The van der Waals surface area contributed by atoms with Gasteiger partial charge in [0.25, 0.3) is 5.91 Å². The summed E-state index contributed by atoms with van der Waals surface area (Å²) in [6, 6.07) is 9.56. The third kappa shape index (κ3) is 3.35. The normalized spacial score (nSPS) is 10.0. The van der Waals surface area contributed by atoms with E-state index in [0.29, 0.717) is 11.3 Å². The van der Waals surface area contributed by atoms with Crippen molar-refractivity contribution in [3.05, 3.63) is 52.8 Å². The smallest absolute Gasteiger partial charge is 0.276 e. The van der Waals surface area contributed by atoms with Crippen LogP contribution in [0.4, 0.5) is 5.69 Å². The van der Waals surface area contributed by atoms with E-state index in [1.54, 1.807) is 24.3 Å². The van der Waals surface area contributed by atoms with Crippen LogP contribution < -0.4 is 5.32 Å². The molecule has 0 saturated heterocycles. The number of carbonyl (C=O) groups excluding carboxylic acids is 2. The molecule has 0 atom stereocenters. The minimum atomic E-state index is -0.389. The van der Waals surface area contributed by atoms with E-state index in [2.05, 4.69) is 15.5 Å². The van der Waals surface area contributed by atoms with Crippen LogP contribution >= 0.6 is 11.6 Å². The zero-order chi connectivity index (χ0) is 13.8. The Bertz CT molecular complexity index is 609. The number of hydrogen-bond donors (Lipinski definition) is 1. The Morgan fingerprint density at radius 3 is 2.26 bits per heavy atom. The Hall–Kier alpha value is -2.27. The first-order valence-electron chi connectivity index (χ1n) is 5.48. The quantitative estimate of drug-likeness (QED) is 0.874. The number of anilines is 1. The molecular weight excluding hydrogens is 266 g/mol. The second-order valence-electron chi connectivity index (χ2n) is 3.83. The summed E-state index contributed by atoms with van der Waals surface area (Å²) >= 11 is 5.59. The maximum Gasteiger partial charge on any atom is 0.276 e. The summed E-state index contributed by atoms with van der Waals surface area (Å²) < 4.78 is 0. The fourth-order valence-corrected chi connectivity index (χ4v) is 1.52. The Kier molecular flexibility index (Phi) is 3.87. The number of carbonyl (C=O) groups is 2.